The maximum Gasteiger partial charge on any atom is 0.303 e. The van der Waals surface area contributed by atoms with Gasteiger partial charge in [0.15, 0.2) is 6.10 Å². The van der Waals surface area contributed by atoms with Gasteiger partial charge in [0.05, 0.1) is 26.9 Å². The van der Waals surface area contributed by atoms with E-state index >= 15 is 0 Å². The average Bonchev–Trinajstić information content (AvgIpc) is 2.94. The number of benzene rings is 3. The van der Waals surface area contributed by atoms with Gasteiger partial charge in [-0.15, -0.1) is 0 Å². The molecular weight excluding hydrogens is 488 g/mol. The zero-order chi connectivity index (χ0) is 26.9. The summed E-state index contributed by atoms with van der Waals surface area (Å²) < 4.78 is 28.9. The van der Waals surface area contributed by atoms with Crippen LogP contribution in [0.2, 0.25) is 0 Å². The van der Waals surface area contributed by atoms with Gasteiger partial charge >= 0.3 is 5.97 Å². The SMILES string of the molecule is COc1ccc(CO[C@H]2[C@@H](O)[C@@H](OC(C)=O)C(=O)[C@@H](OCc3ccccc3)[C@@H]2OCc2ccccc2)cc1. The lowest BCUT2D eigenvalue weighted by atomic mass is 9.85. The summed E-state index contributed by atoms with van der Waals surface area (Å²) in [5.74, 6) is -0.571. The van der Waals surface area contributed by atoms with Crippen molar-refractivity contribution >= 4 is 11.8 Å². The Hall–Kier alpha value is -3.56. The predicted molar refractivity (Wildman–Crippen MR) is 138 cm³/mol. The van der Waals surface area contributed by atoms with Crippen molar-refractivity contribution in [3.63, 3.8) is 0 Å². The monoisotopic (exact) mass is 520 g/mol. The number of ketones is 1. The van der Waals surface area contributed by atoms with Crippen LogP contribution < -0.4 is 4.74 Å². The number of Topliss-reactive ketones (excluding diaryl/α,β-unsaturated/α-hetero) is 1. The number of aliphatic hydroxyl groups is 1. The van der Waals surface area contributed by atoms with E-state index in [2.05, 4.69) is 0 Å². The highest BCUT2D eigenvalue weighted by Crippen LogP contribution is 2.30. The molecule has 1 aliphatic rings. The average molecular weight is 521 g/mol. The first-order valence-corrected chi connectivity index (χ1v) is 12.4. The summed E-state index contributed by atoms with van der Waals surface area (Å²) in [4.78, 5) is 25.3. The summed E-state index contributed by atoms with van der Waals surface area (Å²) >= 11 is 0. The van der Waals surface area contributed by atoms with Crippen molar-refractivity contribution in [2.45, 2.75) is 57.3 Å². The van der Waals surface area contributed by atoms with Gasteiger partial charge in [-0.05, 0) is 28.8 Å². The third-order valence-electron chi connectivity index (χ3n) is 6.28. The minimum Gasteiger partial charge on any atom is -0.497 e. The molecule has 0 radical (unpaired) electrons. The Kier molecular flexibility index (Phi) is 9.62. The Balaban J connectivity index is 1.61. The fourth-order valence-electron chi connectivity index (χ4n) is 4.33. The van der Waals surface area contributed by atoms with Gasteiger partial charge in [-0.2, -0.15) is 0 Å². The standard InChI is InChI=1S/C30H32O8/c1-20(31)38-27-25(32)28(35-17-21-9-5-3-6-10-21)30(37-18-22-11-7-4-8-12-22)29(26(27)33)36-19-23-13-15-24(34-2)16-14-23/h3-16,26-30,33H,17-19H2,1-2H3/t26-,27-,28+,29-,30-/m0/s1. The van der Waals surface area contributed by atoms with Gasteiger partial charge < -0.3 is 28.8 Å². The van der Waals surface area contributed by atoms with Gasteiger partial charge in [-0.25, -0.2) is 0 Å². The fourth-order valence-corrected chi connectivity index (χ4v) is 4.33. The summed E-state index contributed by atoms with van der Waals surface area (Å²) in [6, 6.07) is 26.1. The van der Waals surface area contributed by atoms with E-state index in [0.717, 1.165) is 16.7 Å². The molecule has 0 amide bonds. The Morgan fingerprint density at radius 2 is 1.21 bits per heavy atom. The molecule has 8 nitrogen and oxygen atoms in total. The van der Waals surface area contributed by atoms with E-state index in [0.29, 0.717) is 5.75 Å². The van der Waals surface area contributed by atoms with Crippen LogP contribution in [0.3, 0.4) is 0 Å². The van der Waals surface area contributed by atoms with Crippen LogP contribution in [0.1, 0.15) is 23.6 Å². The normalized spacial score (nSPS) is 23.1. The van der Waals surface area contributed by atoms with Gasteiger partial charge in [-0.1, -0.05) is 72.8 Å². The second-order valence-corrected chi connectivity index (χ2v) is 9.03. The molecule has 3 aromatic rings. The number of hydrogen-bond donors (Lipinski definition) is 1. The molecule has 0 spiro atoms. The molecule has 0 saturated heterocycles. The number of ether oxygens (including phenoxy) is 5. The highest BCUT2D eigenvalue weighted by atomic mass is 16.6. The number of hydrogen-bond acceptors (Lipinski definition) is 8. The quantitative estimate of drug-likeness (QED) is 0.383. The Bertz CT molecular complexity index is 1170. The van der Waals surface area contributed by atoms with Crippen LogP contribution in [0.15, 0.2) is 84.9 Å². The Labute approximate surface area is 222 Å². The number of esters is 1. The smallest absolute Gasteiger partial charge is 0.303 e. The maximum absolute atomic E-state index is 13.5. The van der Waals surface area contributed by atoms with Crippen LogP contribution in [0.4, 0.5) is 0 Å². The lowest BCUT2D eigenvalue weighted by molar-refractivity contribution is -0.225. The van der Waals surface area contributed by atoms with Crippen molar-refractivity contribution in [2.75, 3.05) is 7.11 Å². The first kappa shape index (κ1) is 27.5. The highest BCUT2D eigenvalue weighted by Gasteiger charge is 2.53. The molecule has 0 bridgehead atoms. The fraction of sp³-hybridized carbons (Fsp3) is 0.333. The number of methoxy groups -OCH3 is 1. The van der Waals surface area contributed by atoms with Crippen molar-refractivity contribution in [3.8, 4) is 5.75 Å². The van der Waals surface area contributed by atoms with Crippen molar-refractivity contribution in [1.29, 1.82) is 0 Å². The molecule has 1 fully saturated rings. The van der Waals surface area contributed by atoms with Gasteiger partial charge in [0.1, 0.15) is 30.2 Å². The second-order valence-electron chi connectivity index (χ2n) is 9.03. The highest BCUT2D eigenvalue weighted by molar-refractivity contribution is 5.91. The lowest BCUT2D eigenvalue weighted by Gasteiger charge is -2.42. The molecule has 0 heterocycles. The molecule has 5 atom stereocenters. The molecular formula is C30H32O8. The van der Waals surface area contributed by atoms with E-state index in [-0.39, 0.29) is 19.8 Å². The van der Waals surface area contributed by atoms with Crippen LogP contribution in [-0.4, -0.2) is 54.5 Å². The van der Waals surface area contributed by atoms with Gasteiger partial charge in [-0.3, -0.25) is 9.59 Å². The number of carbonyl (C=O) groups is 2. The number of aliphatic hydroxyl groups excluding tert-OH is 1. The van der Waals surface area contributed by atoms with E-state index in [1.165, 1.54) is 6.92 Å². The molecule has 0 unspecified atom stereocenters. The van der Waals surface area contributed by atoms with Crippen molar-refractivity contribution < 1.29 is 38.4 Å². The topological polar surface area (TPSA) is 101 Å². The lowest BCUT2D eigenvalue weighted by Crippen LogP contribution is -2.64. The molecule has 0 aromatic heterocycles. The minimum atomic E-state index is -1.46. The molecule has 8 heteroatoms. The van der Waals surface area contributed by atoms with Gasteiger partial charge in [0.25, 0.3) is 0 Å². The van der Waals surface area contributed by atoms with Crippen LogP contribution >= 0.6 is 0 Å². The number of rotatable bonds is 11. The van der Waals surface area contributed by atoms with Gasteiger partial charge in [0.2, 0.25) is 5.78 Å². The molecule has 1 N–H and O–H groups in total. The maximum atomic E-state index is 13.5. The second kappa shape index (κ2) is 13.3. The van der Waals surface area contributed by atoms with E-state index < -0.39 is 42.3 Å². The molecule has 1 aliphatic carbocycles. The van der Waals surface area contributed by atoms with Gasteiger partial charge in [0, 0.05) is 6.92 Å². The molecule has 38 heavy (non-hydrogen) atoms. The van der Waals surface area contributed by atoms with E-state index in [1.54, 1.807) is 19.2 Å². The van der Waals surface area contributed by atoms with Crippen LogP contribution in [0.5, 0.6) is 5.75 Å². The Morgan fingerprint density at radius 1 is 0.711 bits per heavy atom. The summed E-state index contributed by atoms with van der Waals surface area (Å²) in [5.41, 5.74) is 2.56. The summed E-state index contributed by atoms with van der Waals surface area (Å²) in [6.07, 6.45) is -6.05. The first-order valence-electron chi connectivity index (χ1n) is 12.4. The third kappa shape index (κ3) is 7.05. The molecule has 200 valence electrons. The van der Waals surface area contributed by atoms with E-state index in [1.807, 2.05) is 72.8 Å². The van der Waals surface area contributed by atoms with Crippen molar-refractivity contribution in [1.82, 2.24) is 0 Å². The third-order valence-corrected chi connectivity index (χ3v) is 6.28. The number of carbonyl (C=O) groups excluding carboxylic acids is 2. The van der Waals surface area contributed by atoms with Crippen LogP contribution in [-0.2, 0) is 48.4 Å². The molecule has 1 saturated carbocycles. The zero-order valence-electron chi connectivity index (χ0n) is 21.4. The largest absolute Gasteiger partial charge is 0.497 e. The minimum absolute atomic E-state index is 0.114. The van der Waals surface area contributed by atoms with Crippen molar-refractivity contribution in [2.24, 2.45) is 0 Å². The summed E-state index contributed by atoms with van der Waals surface area (Å²) in [6.45, 7) is 1.59. The van der Waals surface area contributed by atoms with Crippen LogP contribution in [0.25, 0.3) is 0 Å². The summed E-state index contributed by atoms with van der Waals surface area (Å²) in [5, 5.41) is 11.2. The zero-order valence-corrected chi connectivity index (χ0v) is 21.4. The molecule has 4 rings (SSSR count). The van der Waals surface area contributed by atoms with E-state index in [4.69, 9.17) is 23.7 Å². The molecule has 0 aliphatic heterocycles. The predicted octanol–water partition coefficient (Wildman–Crippen LogP) is 3.63. The Morgan fingerprint density at radius 3 is 1.74 bits per heavy atom. The molecule has 3 aromatic carbocycles. The van der Waals surface area contributed by atoms with E-state index in [9.17, 15) is 14.7 Å². The first-order chi connectivity index (χ1) is 18.5. The summed E-state index contributed by atoms with van der Waals surface area (Å²) in [7, 11) is 1.58. The van der Waals surface area contributed by atoms with Crippen molar-refractivity contribution in [3.05, 3.63) is 102 Å². The van der Waals surface area contributed by atoms with Crippen LogP contribution in [0, 0.1) is 0 Å².